The van der Waals surface area contributed by atoms with Crippen LogP contribution in [0.3, 0.4) is 0 Å². The third-order valence-corrected chi connectivity index (χ3v) is 5.26. The zero-order chi connectivity index (χ0) is 17.4. The SMILES string of the molecule is C[C@@H]1CCC[C@@H](C)N1Cc1ccc2oc(-c3cccc(F)c3)nc2c1. The van der Waals surface area contributed by atoms with E-state index in [1.54, 1.807) is 6.07 Å². The number of nitrogens with zero attached hydrogens (tertiary/aromatic N) is 2. The maximum atomic E-state index is 13.4. The van der Waals surface area contributed by atoms with Crippen LogP contribution in [0.25, 0.3) is 22.6 Å². The lowest BCUT2D eigenvalue weighted by molar-refractivity contribution is 0.0953. The Morgan fingerprint density at radius 1 is 1.12 bits per heavy atom. The highest BCUT2D eigenvalue weighted by Gasteiger charge is 2.24. The molecule has 1 fully saturated rings. The van der Waals surface area contributed by atoms with E-state index >= 15 is 0 Å². The number of benzene rings is 2. The van der Waals surface area contributed by atoms with Crippen LogP contribution in [0.1, 0.15) is 38.7 Å². The quantitative estimate of drug-likeness (QED) is 0.640. The second kappa shape index (κ2) is 6.60. The summed E-state index contributed by atoms with van der Waals surface area (Å²) in [7, 11) is 0. The Morgan fingerprint density at radius 2 is 1.92 bits per heavy atom. The van der Waals surface area contributed by atoms with Crippen LogP contribution in [0.5, 0.6) is 0 Å². The van der Waals surface area contributed by atoms with Gasteiger partial charge in [0, 0.05) is 24.2 Å². The number of likely N-dealkylation sites (tertiary alicyclic amines) is 1. The third kappa shape index (κ3) is 3.31. The zero-order valence-electron chi connectivity index (χ0n) is 14.7. The van der Waals surface area contributed by atoms with E-state index in [9.17, 15) is 4.39 Å². The molecule has 1 aromatic heterocycles. The van der Waals surface area contributed by atoms with Crippen molar-refractivity contribution in [2.24, 2.45) is 0 Å². The van der Waals surface area contributed by atoms with Gasteiger partial charge in [0.25, 0.3) is 0 Å². The Labute approximate surface area is 147 Å². The molecule has 130 valence electrons. The van der Waals surface area contributed by atoms with Gasteiger partial charge in [-0.05, 0) is 62.6 Å². The van der Waals surface area contributed by atoms with E-state index in [1.165, 1.54) is 37.0 Å². The van der Waals surface area contributed by atoms with E-state index in [0.29, 0.717) is 23.5 Å². The number of halogens is 1. The highest BCUT2D eigenvalue weighted by Crippen LogP contribution is 2.28. The number of aromatic nitrogens is 1. The lowest BCUT2D eigenvalue weighted by atomic mass is 9.97. The largest absolute Gasteiger partial charge is 0.436 e. The molecular weight excluding hydrogens is 315 g/mol. The van der Waals surface area contributed by atoms with Crippen LogP contribution < -0.4 is 0 Å². The van der Waals surface area contributed by atoms with Crippen molar-refractivity contribution >= 4 is 11.1 Å². The van der Waals surface area contributed by atoms with Gasteiger partial charge in [-0.3, -0.25) is 4.90 Å². The predicted molar refractivity (Wildman–Crippen MR) is 97.7 cm³/mol. The molecule has 1 aliphatic heterocycles. The summed E-state index contributed by atoms with van der Waals surface area (Å²) in [4.78, 5) is 7.13. The molecule has 2 aromatic carbocycles. The van der Waals surface area contributed by atoms with Gasteiger partial charge in [0.2, 0.25) is 5.89 Å². The molecule has 0 N–H and O–H groups in total. The van der Waals surface area contributed by atoms with Crippen molar-refractivity contribution in [2.75, 3.05) is 0 Å². The summed E-state index contributed by atoms with van der Waals surface area (Å²) in [5.41, 5.74) is 3.47. The topological polar surface area (TPSA) is 29.3 Å². The molecule has 0 aliphatic carbocycles. The van der Waals surface area contributed by atoms with Gasteiger partial charge in [-0.25, -0.2) is 9.37 Å². The van der Waals surface area contributed by atoms with Gasteiger partial charge in [0.15, 0.2) is 5.58 Å². The minimum absolute atomic E-state index is 0.284. The van der Waals surface area contributed by atoms with Crippen LogP contribution >= 0.6 is 0 Å². The Kier molecular flexibility index (Phi) is 4.30. The summed E-state index contributed by atoms with van der Waals surface area (Å²) in [6.45, 7) is 5.55. The van der Waals surface area contributed by atoms with E-state index in [2.05, 4.69) is 35.9 Å². The van der Waals surface area contributed by atoms with Gasteiger partial charge in [0.05, 0.1) is 0 Å². The summed E-state index contributed by atoms with van der Waals surface area (Å²) in [5.74, 6) is 0.180. The molecule has 25 heavy (non-hydrogen) atoms. The summed E-state index contributed by atoms with van der Waals surface area (Å²) < 4.78 is 19.2. The molecule has 0 radical (unpaired) electrons. The number of fused-ring (bicyclic) bond motifs is 1. The molecule has 1 saturated heterocycles. The second-order valence-corrected chi connectivity index (χ2v) is 7.13. The second-order valence-electron chi connectivity index (χ2n) is 7.13. The molecule has 2 atom stereocenters. The summed E-state index contributed by atoms with van der Waals surface area (Å²) >= 11 is 0. The average Bonchev–Trinajstić information content (AvgIpc) is 3.02. The first kappa shape index (κ1) is 16.3. The molecule has 2 heterocycles. The minimum Gasteiger partial charge on any atom is -0.436 e. The lowest BCUT2D eigenvalue weighted by Gasteiger charge is -2.39. The molecule has 4 rings (SSSR count). The highest BCUT2D eigenvalue weighted by molar-refractivity contribution is 5.76. The van der Waals surface area contributed by atoms with Gasteiger partial charge >= 0.3 is 0 Å². The monoisotopic (exact) mass is 338 g/mol. The predicted octanol–water partition coefficient (Wildman–Crippen LogP) is 5.40. The molecule has 0 saturated carbocycles. The molecule has 0 bridgehead atoms. The van der Waals surface area contributed by atoms with Crippen LogP contribution in [0.2, 0.25) is 0 Å². The molecule has 3 aromatic rings. The van der Waals surface area contributed by atoms with Crippen LogP contribution in [0.4, 0.5) is 4.39 Å². The Hall–Kier alpha value is -2.20. The van der Waals surface area contributed by atoms with Crippen LogP contribution in [-0.4, -0.2) is 22.0 Å². The van der Waals surface area contributed by atoms with Gasteiger partial charge in [-0.1, -0.05) is 18.6 Å². The normalized spacial score (nSPS) is 21.7. The number of hydrogen-bond acceptors (Lipinski definition) is 3. The van der Waals surface area contributed by atoms with Crippen molar-refractivity contribution in [1.82, 2.24) is 9.88 Å². The first-order valence-corrected chi connectivity index (χ1v) is 9.01. The van der Waals surface area contributed by atoms with Gasteiger partial charge in [0.1, 0.15) is 11.3 Å². The van der Waals surface area contributed by atoms with Crippen molar-refractivity contribution in [3.63, 3.8) is 0 Å². The smallest absolute Gasteiger partial charge is 0.227 e. The number of oxazole rings is 1. The summed E-state index contributed by atoms with van der Waals surface area (Å²) in [6, 6.07) is 13.7. The molecule has 1 aliphatic rings. The molecule has 0 unspecified atom stereocenters. The zero-order valence-corrected chi connectivity index (χ0v) is 14.7. The molecule has 4 heteroatoms. The van der Waals surface area contributed by atoms with E-state index in [0.717, 1.165) is 17.6 Å². The van der Waals surface area contributed by atoms with Gasteiger partial charge in [-0.2, -0.15) is 0 Å². The fourth-order valence-corrected chi connectivity index (χ4v) is 3.81. The van der Waals surface area contributed by atoms with E-state index < -0.39 is 0 Å². The summed E-state index contributed by atoms with van der Waals surface area (Å²) in [5, 5.41) is 0. The van der Waals surface area contributed by atoms with Crippen molar-refractivity contribution in [1.29, 1.82) is 0 Å². The molecular formula is C21H23FN2O. The Bertz CT molecular complexity index is 878. The molecule has 0 spiro atoms. The minimum atomic E-state index is -0.284. The third-order valence-electron chi connectivity index (χ3n) is 5.26. The maximum absolute atomic E-state index is 13.4. The van der Waals surface area contributed by atoms with Gasteiger partial charge in [-0.15, -0.1) is 0 Å². The highest BCUT2D eigenvalue weighted by atomic mass is 19.1. The first-order chi connectivity index (χ1) is 12.1. The van der Waals surface area contributed by atoms with Crippen molar-refractivity contribution in [3.8, 4) is 11.5 Å². The van der Waals surface area contributed by atoms with Crippen molar-refractivity contribution in [2.45, 2.75) is 51.7 Å². The molecule has 3 nitrogen and oxygen atoms in total. The number of rotatable bonds is 3. The van der Waals surface area contributed by atoms with Crippen LogP contribution in [0.15, 0.2) is 46.9 Å². The van der Waals surface area contributed by atoms with Gasteiger partial charge < -0.3 is 4.42 Å². The van der Waals surface area contributed by atoms with Crippen molar-refractivity contribution < 1.29 is 8.81 Å². The van der Waals surface area contributed by atoms with Crippen LogP contribution in [-0.2, 0) is 6.54 Å². The van der Waals surface area contributed by atoms with Crippen molar-refractivity contribution in [3.05, 3.63) is 53.8 Å². The number of hydrogen-bond donors (Lipinski definition) is 0. The average molecular weight is 338 g/mol. The van der Waals surface area contributed by atoms with E-state index in [1.807, 2.05) is 12.1 Å². The number of piperidine rings is 1. The van der Waals surface area contributed by atoms with Crippen LogP contribution in [0, 0.1) is 5.82 Å². The van der Waals surface area contributed by atoms with E-state index in [-0.39, 0.29) is 5.82 Å². The molecule has 0 amide bonds. The summed E-state index contributed by atoms with van der Waals surface area (Å²) in [6.07, 6.45) is 3.85. The standard InChI is InChI=1S/C21H23FN2O/c1-14-5-3-6-15(2)24(14)13-16-9-10-20-19(11-16)23-21(25-20)17-7-4-8-18(22)12-17/h4,7-12,14-15H,3,5-6,13H2,1-2H3/t14-,15-/m1/s1. The maximum Gasteiger partial charge on any atom is 0.227 e. The fourth-order valence-electron chi connectivity index (χ4n) is 3.81. The Morgan fingerprint density at radius 3 is 2.68 bits per heavy atom. The fraction of sp³-hybridized carbons (Fsp3) is 0.381. The lowest BCUT2D eigenvalue weighted by Crippen LogP contribution is -2.42. The Balaban J connectivity index is 1.62. The first-order valence-electron chi connectivity index (χ1n) is 9.01. The van der Waals surface area contributed by atoms with E-state index in [4.69, 9.17) is 4.42 Å².